The molecule has 1 aliphatic rings. The number of hydrogen-bond acceptors (Lipinski definition) is 5. The van der Waals surface area contributed by atoms with Crippen LogP contribution in [0.3, 0.4) is 0 Å². The Hall–Kier alpha value is -2.57. The molecule has 0 saturated carbocycles. The molecule has 0 aliphatic carbocycles. The minimum absolute atomic E-state index is 0.653. The maximum absolute atomic E-state index is 6.10. The number of benzene rings is 2. The number of fused-ring (bicyclic) bond motifs is 2. The Bertz CT molecular complexity index is 1100. The molecule has 5 nitrogen and oxygen atoms in total. The summed E-state index contributed by atoms with van der Waals surface area (Å²) >= 11 is 7.69. The van der Waals surface area contributed by atoms with Crippen LogP contribution in [-0.4, -0.2) is 26.3 Å². The molecule has 5 rings (SSSR count). The van der Waals surface area contributed by atoms with Crippen LogP contribution >= 0.6 is 23.4 Å². The number of nitrogens with zero attached hydrogens (tertiary/aromatic N) is 4. The molecule has 0 saturated heterocycles. The second-order valence-electron chi connectivity index (χ2n) is 5.61. The van der Waals surface area contributed by atoms with E-state index in [4.69, 9.17) is 21.1 Å². The van der Waals surface area contributed by atoms with E-state index in [0.29, 0.717) is 16.6 Å². The lowest BCUT2D eigenvalue weighted by atomic mass is 10.2. The van der Waals surface area contributed by atoms with Crippen molar-refractivity contribution < 1.29 is 4.42 Å². The first-order valence-corrected chi connectivity index (χ1v) is 9.05. The topological polar surface area (TPSA) is 56.2 Å². The van der Waals surface area contributed by atoms with E-state index in [1.54, 1.807) is 16.4 Å². The molecule has 0 bridgehead atoms. The minimum Gasteiger partial charge on any atom is -0.455 e. The first kappa shape index (κ1) is 14.7. The summed E-state index contributed by atoms with van der Waals surface area (Å²) in [6.07, 6.45) is 0. The Balaban J connectivity index is 1.62. The van der Waals surface area contributed by atoms with Crippen molar-refractivity contribution in [3.63, 3.8) is 0 Å². The van der Waals surface area contributed by atoms with E-state index in [0.717, 1.165) is 33.2 Å². The van der Waals surface area contributed by atoms with E-state index in [-0.39, 0.29) is 0 Å². The van der Waals surface area contributed by atoms with Crippen LogP contribution in [0.4, 0.5) is 0 Å². The highest BCUT2D eigenvalue weighted by Gasteiger charge is 2.22. The van der Waals surface area contributed by atoms with Crippen molar-refractivity contribution in [2.24, 2.45) is 5.10 Å². The normalized spacial score (nSPS) is 13.7. The summed E-state index contributed by atoms with van der Waals surface area (Å²) in [7, 11) is 0. The quantitative estimate of drug-likeness (QED) is 0.516. The van der Waals surface area contributed by atoms with Gasteiger partial charge in [-0.2, -0.15) is 9.78 Å². The van der Waals surface area contributed by atoms with Gasteiger partial charge in [-0.1, -0.05) is 53.7 Å². The lowest BCUT2D eigenvalue weighted by molar-refractivity contribution is 0.601. The summed E-state index contributed by atoms with van der Waals surface area (Å²) in [6, 6.07) is 17.5. The Morgan fingerprint density at radius 1 is 1.04 bits per heavy atom. The molecule has 1 aliphatic heterocycles. The number of hydrogen-bond donors (Lipinski definition) is 0. The van der Waals surface area contributed by atoms with Crippen molar-refractivity contribution in [3.8, 4) is 11.4 Å². The SMILES string of the molecule is Clc1cccc(-c2nnc3n2N=C(c2cc4ccccc4o2)CS3)c1. The largest absolute Gasteiger partial charge is 0.455 e. The van der Waals surface area contributed by atoms with Crippen LogP contribution in [0.2, 0.25) is 5.02 Å². The van der Waals surface area contributed by atoms with Crippen LogP contribution < -0.4 is 0 Å². The van der Waals surface area contributed by atoms with Gasteiger partial charge in [0, 0.05) is 21.7 Å². The highest BCUT2D eigenvalue weighted by atomic mass is 35.5. The molecule has 0 N–H and O–H groups in total. The molecule has 0 amide bonds. The Kier molecular flexibility index (Phi) is 3.39. The summed E-state index contributed by atoms with van der Waals surface area (Å²) in [5.74, 6) is 2.12. The maximum atomic E-state index is 6.10. The molecule has 3 heterocycles. The highest BCUT2D eigenvalue weighted by Crippen LogP contribution is 2.30. The molecular weight excluding hydrogens is 356 g/mol. The summed E-state index contributed by atoms with van der Waals surface area (Å²) in [4.78, 5) is 0. The second kappa shape index (κ2) is 5.75. The van der Waals surface area contributed by atoms with Gasteiger partial charge in [-0.05, 0) is 24.3 Å². The fraction of sp³-hybridized carbons (Fsp3) is 0.0556. The molecule has 0 spiro atoms. The number of furan rings is 1. The summed E-state index contributed by atoms with van der Waals surface area (Å²) < 4.78 is 7.70. The maximum Gasteiger partial charge on any atom is 0.212 e. The minimum atomic E-state index is 0.653. The molecular formula is C18H11ClN4OS. The van der Waals surface area contributed by atoms with Crippen LogP contribution in [-0.2, 0) is 0 Å². The fourth-order valence-corrected chi connectivity index (χ4v) is 3.78. The average Bonchev–Trinajstić information content (AvgIpc) is 3.25. The third-order valence-electron chi connectivity index (χ3n) is 3.96. The van der Waals surface area contributed by atoms with Gasteiger partial charge in [-0.15, -0.1) is 10.2 Å². The second-order valence-corrected chi connectivity index (χ2v) is 6.99. The van der Waals surface area contributed by atoms with Gasteiger partial charge in [0.1, 0.15) is 11.3 Å². The zero-order chi connectivity index (χ0) is 16.8. The Morgan fingerprint density at radius 2 is 1.96 bits per heavy atom. The zero-order valence-electron chi connectivity index (χ0n) is 12.9. The molecule has 0 fully saturated rings. The first-order valence-electron chi connectivity index (χ1n) is 7.69. The van der Waals surface area contributed by atoms with Gasteiger partial charge in [0.05, 0.1) is 0 Å². The van der Waals surface area contributed by atoms with Crippen molar-refractivity contribution >= 4 is 40.0 Å². The predicted octanol–water partition coefficient (Wildman–Crippen LogP) is 4.70. The molecule has 25 heavy (non-hydrogen) atoms. The van der Waals surface area contributed by atoms with Gasteiger partial charge < -0.3 is 4.42 Å². The van der Waals surface area contributed by atoms with Crippen molar-refractivity contribution in [2.75, 3.05) is 5.75 Å². The lowest BCUT2D eigenvalue weighted by Crippen LogP contribution is -2.13. The number of para-hydroxylation sites is 1. The molecule has 2 aromatic carbocycles. The van der Waals surface area contributed by atoms with E-state index in [2.05, 4.69) is 10.2 Å². The number of thioether (sulfide) groups is 1. The van der Waals surface area contributed by atoms with Crippen LogP contribution in [0.15, 0.2) is 69.3 Å². The summed E-state index contributed by atoms with van der Waals surface area (Å²) in [6.45, 7) is 0. The van der Waals surface area contributed by atoms with Crippen molar-refractivity contribution in [3.05, 3.63) is 65.4 Å². The average molecular weight is 367 g/mol. The predicted molar refractivity (Wildman–Crippen MR) is 99.3 cm³/mol. The third-order valence-corrected chi connectivity index (χ3v) is 5.13. The molecule has 2 aromatic heterocycles. The lowest BCUT2D eigenvalue weighted by Gasteiger charge is -2.12. The molecule has 0 radical (unpaired) electrons. The highest BCUT2D eigenvalue weighted by molar-refractivity contribution is 7.99. The molecule has 0 unspecified atom stereocenters. The number of rotatable bonds is 2. The van der Waals surface area contributed by atoms with E-state index in [1.165, 1.54) is 0 Å². The standard InChI is InChI=1S/C18H11ClN4OS/c19-13-6-3-5-12(8-13)17-20-21-18-23(17)22-14(10-25-18)16-9-11-4-1-2-7-15(11)24-16/h1-9H,10H2. The Labute approximate surface area is 152 Å². The van der Waals surface area contributed by atoms with E-state index in [9.17, 15) is 0 Å². The van der Waals surface area contributed by atoms with Crippen LogP contribution in [0.1, 0.15) is 5.76 Å². The van der Waals surface area contributed by atoms with Crippen LogP contribution in [0, 0.1) is 0 Å². The third kappa shape index (κ3) is 2.54. The van der Waals surface area contributed by atoms with Crippen LogP contribution in [0.5, 0.6) is 0 Å². The number of halogens is 1. The van der Waals surface area contributed by atoms with Gasteiger partial charge in [-0.25, -0.2) is 0 Å². The smallest absolute Gasteiger partial charge is 0.212 e. The van der Waals surface area contributed by atoms with E-state index in [1.807, 2.05) is 54.6 Å². The van der Waals surface area contributed by atoms with E-state index >= 15 is 0 Å². The zero-order valence-corrected chi connectivity index (χ0v) is 14.5. The monoisotopic (exact) mass is 366 g/mol. The molecule has 7 heteroatoms. The summed E-state index contributed by atoms with van der Waals surface area (Å²) in [5, 5.41) is 15.7. The molecule has 122 valence electrons. The van der Waals surface area contributed by atoms with Gasteiger partial charge in [0.2, 0.25) is 5.16 Å². The molecule has 4 aromatic rings. The van der Waals surface area contributed by atoms with Crippen molar-refractivity contribution in [1.82, 2.24) is 14.9 Å². The van der Waals surface area contributed by atoms with E-state index < -0.39 is 0 Å². The van der Waals surface area contributed by atoms with Crippen molar-refractivity contribution in [2.45, 2.75) is 5.16 Å². The first-order chi connectivity index (χ1) is 12.3. The van der Waals surface area contributed by atoms with Gasteiger partial charge in [-0.3, -0.25) is 0 Å². The molecule has 0 atom stereocenters. The van der Waals surface area contributed by atoms with Gasteiger partial charge >= 0.3 is 0 Å². The van der Waals surface area contributed by atoms with Gasteiger partial charge in [0.15, 0.2) is 11.6 Å². The summed E-state index contributed by atoms with van der Waals surface area (Å²) in [5.41, 5.74) is 2.59. The number of aromatic nitrogens is 3. The van der Waals surface area contributed by atoms with Crippen molar-refractivity contribution in [1.29, 1.82) is 0 Å². The van der Waals surface area contributed by atoms with Gasteiger partial charge in [0.25, 0.3) is 0 Å². The van der Waals surface area contributed by atoms with Crippen LogP contribution in [0.25, 0.3) is 22.4 Å². The fourth-order valence-electron chi connectivity index (χ4n) is 2.78. The Morgan fingerprint density at radius 3 is 2.84 bits per heavy atom.